The van der Waals surface area contributed by atoms with Crippen molar-refractivity contribution in [1.82, 2.24) is 4.98 Å². The van der Waals surface area contributed by atoms with Crippen LogP contribution in [0.5, 0.6) is 0 Å². The van der Waals surface area contributed by atoms with Crippen LogP contribution in [-0.2, 0) is 0 Å². The van der Waals surface area contributed by atoms with Gasteiger partial charge in [0.15, 0.2) is 0 Å². The maximum Gasteiger partial charge on any atom is 0.207 e. The minimum atomic E-state index is 0.227. The Morgan fingerprint density at radius 3 is 2.56 bits per heavy atom. The molecule has 0 bridgehead atoms. The zero-order valence-corrected chi connectivity index (χ0v) is 15.8. The summed E-state index contributed by atoms with van der Waals surface area (Å²) in [6, 6.07) is 19.3. The molecule has 0 N–H and O–H groups in total. The maximum absolute atomic E-state index is 4.84. The van der Waals surface area contributed by atoms with Crippen molar-refractivity contribution < 1.29 is 0 Å². The van der Waals surface area contributed by atoms with E-state index in [0.29, 0.717) is 0 Å². The number of hydrogen-bond acceptors (Lipinski definition) is 5. The van der Waals surface area contributed by atoms with Crippen LogP contribution in [0.25, 0.3) is 11.3 Å². The molecule has 3 aromatic rings. The summed E-state index contributed by atoms with van der Waals surface area (Å²) in [5, 5.41) is 9.91. The number of hydrazone groups is 1. The number of rotatable bonds is 4. The van der Waals surface area contributed by atoms with Crippen LogP contribution in [0.15, 0.2) is 70.0 Å². The molecule has 0 radical (unpaired) electrons. The van der Waals surface area contributed by atoms with E-state index in [-0.39, 0.29) is 6.04 Å². The number of anilines is 1. The van der Waals surface area contributed by atoms with Crippen LogP contribution in [0.2, 0.25) is 0 Å². The maximum atomic E-state index is 4.84. The van der Waals surface area contributed by atoms with Gasteiger partial charge in [0.25, 0.3) is 0 Å². The standard InChI is InChI=1S/C20H19N3S2/c1-14-12-19(16-8-10-17(24-2)11-9-16)23(22-14)20-21-18(13-25-20)15-6-4-3-5-7-15/h3-11,13,19H,12H2,1-2H3/t19-/m0/s1. The Kier molecular flexibility index (Phi) is 4.59. The Balaban J connectivity index is 1.64. The van der Waals surface area contributed by atoms with Gasteiger partial charge < -0.3 is 0 Å². The quantitative estimate of drug-likeness (QED) is 0.542. The average molecular weight is 366 g/mol. The van der Waals surface area contributed by atoms with Gasteiger partial charge in [-0.1, -0.05) is 42.5 Å². The van der Waals surface area contributed by atoms with E-state index in [1.807, 2.05) is 18.2 Å². The monoisotopic (exact) mass is 365 g/mol. The van der Waals surface area contributed by atoms with Gasteiger partial charge in [0.05, 0.1) is 11.7 Å². The van der Waals surface area contributed by atoms with E-state index in [4.69, 9.17) is 10.1 Å². The first-order valence-electron chi connectivity index (χ1n) is 8.23. The van der Waals surface area contributed by atoms with Gasteiger partial charge in [-0.3, -0.25) is 0 Å². The second-order valence-corrected chi connectivity index (χ2v) is 7.77. The topological polar surface area (TPSA) is 28.5 Å². The van der Waals surface area contributed by atoms with Crippen molar-refractivity contribution in [1.29, 1.82) is 0 Å². The highest BCUT2D eigenvalue weighted by atomic mass is 32.2. The number of thioether (sulfide) groups is 1. The van der Waals surface area contributed by atoms with Crippen molar-refractivity contribution in [2.45, 2.75) is 24.3 Å². The van der Waals surface area contributed by atoms with E-state index in [0.717, 1.165) is 28.5 Å². The molecule has 0 aliphatic carbocycles. The summed E-state index contributed by atoms with van der Waals surface area (Å²) in [5.41, 5.74) is 4.59. The SMILES string of the molecule is CSc1ccc([C@@H]2CC(C)=NN2c2nc(-c3ccccc3)cs2)cc1. The first-order valence-corrected chi connectivity index (χ1v) is 10.3. The number of hydrogen-bond donors (Lipinski definition) is 0. The summed E-state index contributed by atoms with van der Waals surface area (Å²) in [4.78, 5) is 6.12. The fraction of sp³-hybridized carbons (Fsp3) is 0.200. The lowest BCUT2D eigenvalue weighted by Crippen LogP contribution is -2.18. The molecular weight excluding hydrogens is 346 g/mol. The first kappa shape index (κ1) is 16.4. The Hall–Kier alpha value is -2.11. The van der Waals surface area contributed by atoms with Crippen molar-refractivity contribution >= 4 is 33.9 Å². The highest BCUT2D eigenvalue weighted by molar-refractivity contribution is 7.98. The van der Waals surface area contributed by atoms with Crippen molar-refractivity contribution in [3.8, 4) is 11.3 Å². The Morgan fingerprint density at radius 1 is 1.08 bits per heavy atom. The summed E-state index contributed by atoms with van der Waals surface area (Å²) in [7, 11) is 0. The van der Waals surface area contributed by atoms with E-state index in [1.54, 1.807) is 23.1 Å². The molecule has 2 aromatic carbocycles. The van der Waals surface area contributed by atoms with Crippen LogP contribution in [0.4, 0.5) is 5.13 Å². The lowest BCUT2D eigenvalue weighted by Gasteiger charge is -2.21. The fourth-order valence-corrected chi connectivity index (χ4v) is 4.27. The largest absolute Gasteiger partial charge is 0.231 e. The molecule has 126 valence electrons. The van der Waals surface area contributed by atoms with Crippen LogP contribution in [0, 0.1) is 0 Å². The van der Waals surface area contributed by atoms with E-state index < -0.39 is 0 Å². The van der Waals surface area contributed by atoms with Gasteiger partial charge in [-0.2, -0.15) is 5.10 Å². The van der Waals surface area contributed by atoms with Gasteiger partial charge in [0.1, 0.15) is 0 Å². The van der Waals surface area contributed by atoms with Gasteiger partial charge in [0.2, 0.25) is 5.13 Å². The molecule has 0 unspecified atom stereocenters. The molecule has 1 aromatic heterocycles. The smallest absolute Gasteiger partial charge is 0.207 e. The van der Waals surface area contributed by atoms with Crippen molar-refractivity contribution in [2.24, 2.45) is 5.10 Å². The summed E-state index contributed by atoms with van der Waals surface area (Å²) in [6.45, 7) is 2.09. The summed E-state index contributed by atoms with van der Waals surface area (Å²) >= 11 is 3.42. The fourth-order valence-electron chi connectivity index (χ4n) is 3.03. The highest BCUT2D eigenvalue weighted by Crippen LogP contribution is 2.38. The lowest BCUT2D eigenvalue weighted by molar-refractivity contribution is 0.705. The molecule has 0 spiro atoms. The van der Waals surface area contributed by atoms with Gasteiger partial charge in [-0.05, 0) is 30.9 Å². The predicted octanol–water partition coefficient (Wildman–Crippen LogP) is 5.86. The van der Waals surface area contributed by atoms with Crippen LogP contribution in [0.1, 0.15) is 24.9 Å². The van der Waals surface area contributed by atoms with E-state index >= 15 is 0 Å². The molecule has 1 aliphatic rings. The Bertz CT molecular complexity index is 885. The second-order valence-electron chi connectivity index (χ2n) is 6.05. The first-order chi connectivity index (χ1) is 12.2. The van der Waals surface area contributed by atoms with Gasteiger partial charge in [-0.15, -0.1) is 23.1 Å². The molecule has 2 heterocycles. The molecule has 0 amide bonds. The number of benzene rings is 2. The third-order valence-electron chi connectivity index (χ3n) is 4.32. The molecule has 0 saturated carbocycles. The predicted molar refractivity (Wildman–Crippen MR) is 109 cm³/mol. The minimum Gasteiger partial charge on any atom is -0.231 e. The molecule has 1 aliphatic heterocycles. The molecule has 5 heteroatoms. The van der Waals surface area contributed by atoms with E-state index in [1.165, 1.54) is 10.5 Å². The number of aromatic nitrogens is 1. The van der Waals surface area contributed by atoms with E-state index in [2.05, 4.69) is 60.0 Å². The van der Waals surface area contributed by atoms with Gasteiger partial charge in [0, 0.05) is 28.0 Å². The Labute approximate surface area is 156 Å². The van der Waals surface area contributed by atoms with E-state index in [9.17, 15) is 0 Å². The lowest BCUT2D eigenvalue weighted by atomic mass is 10.0. The molecule has 3 nitrogen and oxygen atoms in total. The second kappa shape index (κ2) is 7.02. The summed E-state index contributed by atoms with van der Waals surface area (Å²) < 4.78 is 0. The van der Waals surface area contributed by atoms with Crippen molar-refractivity contribution in [3.63, 3.8) is 0 Å². The summed E-state index contributed by atoms with van der Waals surface area (Å²) in [6.07, 6.45) is 3.05. The Morgan fingerprint density at radius 2 is 1.84 bits per heavy atom. The summed E-state index contributed by atoms with van der Waals surface area (Å²) in [5.74, 6) is 0. The zero-order valence-electron chi connectivity index (χ0n) is 14.2. The highest BCUT2D eigenvalue weighted by Gasteiger charge is 2.29. The van der Waals surface area contributed by atoms with Crippen LogP contribution >= 0.6 is 23.1 Å². The molecule has 4 rings (SSSR count). The van der Waals surface area contributed by atoms with Crippen LogP contribution < -0.4 is 5.01 Å². The molecule has 0 fully saturated rings. The van der Waals surface area contributed by atoms with Crippen LogP contribution in [0.3, 0.4) is 0 Å². The van der Waals surface area contributed by atoms with Gasteiger partial charge >= 0.3 is 0 Å². The van der Waals surface area contributed by atoms with Crippen molar-refractivity contribution in [2.75, 3.05) is 11.3 Å². The minimum absolute atomic E-state index is 0.227. The van der Waals surface area contributed by atoms with Crippen LogP contribution in [-0.4, -0.2) is 17.0 Å². The zero-order chi connectivity index (χ0) is 17.2. The van der Waals surface area contributed by atoms with Gasteiger partial charge in [-0.25, -0.2) is 9.99 Å². The molecule has 25 heavy (non-hydrogen) atoms. The molecule has 1 atom stereocenters. The number of nitrogens with zero attached hydrogens (tertiary/aromatic N) is 3. The molecule has 0 saturated heterocycles. The third-order valence-corrected chi connectivity index (χ3v) is 5.89. The average Bonchev–Trinajstić information content (AvgIpc) is 3.29. The third kappa shape index (κ3) is 3.34. The normalized spacial score (nSPS) is 17.0. The number of thiazole rings is 1. The van der Waals surface area contributed by atoms with Crippen molar-refractivity contribution in [3.05, 3.63) is 65.5 Å². The molecular formula is C20H19N3S2.